The summed E-state index contributed by atoms with van der Waals surface area (Å²) in [5, 5.41) is 0. The molecule has 0 aromatic rings. The summed E-state index contributed by atoms with van der Waals surface area (Å²) >= 11 is 0. The Morgan fingerprint density at radius 1 is 1.28 bits per heavy atom. The van der Waals surface area contributed by atoms with Crippen LogP contribution < -0.4 is 5.73 Å². The molecule has 0 spiro atoms. The molecule has 1 amide bonds. The fraction of sp³-hybridized carbons (Fsp3) is 0.917. The monoisotopic (exact) mass is 266 g/mol. The van der Waals surface area contributed by atoms with E-state index in [1.165, 1.54) is 11.9 Å². The standard InChI is InChI=1S/C12H21F3N2O/c1-8-6-4-5-7-9(8)17(3)10(18)11(2,16)12(13,14)15/h8-9H,4-7,16H2,1-3H3. The second kappa shape index (κ2) is 5.07. The normalized spacial score (nSPS) is 28.6. The van der Waals surface area contributed by atoms with Gasteiger partial charge in [0.05, 0.1) is 0 Å². The molecule has 1 saturated carbocycles. The zero-order chi connectivity index (χ0) is 14.1. The Bertz CT molecular complexity index is 315. The van der Waals surface area contributed by atoms with Crippen molar-refractivity contribution in [3.63, 3.8) is 0 Å². The van der Waals surface area contributed by atoms with Crippen molar-refractivity contribution in [3.05, 3.63) is 0 Å². The van der Waals surface area contributed by atoms with E-state index in [2.05, 4.69) is 0 Å². The molecular formula is C12H21F3N2O. The van der Waals surface area contributed by atoms with Gasteiger partial charge in [0.2, 0.25) is 0 Å². The lowest BCUT2D eigenvalue weighted by atomic mass is 9.84. The molecule has 0 aliphatic heterocycles. The Balaban J connectivity index is 2.83. The van der Waals surface area contributed by atoms with Crippen LogP contribution in [-0.2, 0) is 4.79 Å². The van der Waals surface area contributed by atoms with Crippen LogP contribution in [0, 0.1) is 5.92 Å². The average Bonchev–Trinajstić information content (AvgIpc) is 2.26. The molecule has 1 aliphatic rings. The van der Waals surface area contributed by atoms with E-state index in [4.69, 9.17) is 5.73 Å². The number of hydrogen-bond donors (Lipinski definition) is 1. The van der Waals surface area contributed by atoms with Crippen molar-refractivity contribution in [2.75, 3.05) is 7.05 Å². The van der Waals surface area contributed by atoms with Gasteiger partial charge in [0, 0.05) is 13.1 Å². The molecular weight excluding hydrogens is 245 g/mol. The number of rotatable bonds is 2. The minimum Gasteiger partial charge on any atom is -0.341 e. The van der Waals surface area contributed by atoms with Crippen LogP contribution in [0.1, 0.15) is 39.5 Å². The number of carbonyl (C=O) groups excluding carboxylic acids is 1. The van der Waals surface area contributed by atoms with Crippen LogP contribution in [0.25, 0.3) is 0 Å². The highest BCUT2D eigenvalue weighted by molar-refractivity contribution is 5.86. The van der Waals surface area contributed by atoms with Crippen LogP contribution in [-0.4, -0.2) is 35.6 Å². The molecule has 0 aromatic carbocycles. The maximum Gasteiger partial charge on any atom is 0.415 e. The number of nitrogens with zero attached hydrogens (tertiary/aromatic N) is 1. The van der Waals surface area contributed by atoms with E-state index in [-0.39, 0.29) is 12.0 Å². The van der Waals surface area contributed by atoms with E-state index in [1.54, 1.807) is 0 Å². The van der Waals surface area contributed by atoms with Crippen molar-refractivity contribution in [1.82, 2.24) is 4.90 Å². The van der Waals surface area contributed by atoms with Gasteiger partial charge in [-0.25, -0.2) is 0 Å². The van der Waals surface area contributed by atoms with E-state index in [9.17, 15) is 18.0 Å². The lowest BCUT2D eigenvalue weighted by molar-refractivity contribution is -0.194. The Morgan fingerprint density at radius 2 is 1.78 bits per heavy atom. The first-order chi connectivity index (χ1) is 8.09. The van der Waals surface area contributed by atoms with Crippen molar-refractivity contribution < 1.29 is 18.0 Å². The zero-order valence-corrected chi connectivity index (χ0v) is 11.0. The fourth-order valence-electron chi connectivity index (χ4n) is 2.51. The minimum atomic E-state index is -4.73. The molecule has 3 unspecified atom stereocenters. The van der Waals surface area contributed by atoms with Gasteiger partial charge in [0.15, 0.2) is 5.54 Å². The second-order valence-corrected chi connectivity index (χ2v) is 5.45. The molecule has 6 heteroatoms. The van der Waals surface area contributed by atoms with Crippen LogP contribution in [0.4, 0.5) is 13.2 Å². The van der Waals surface area contributed by atoms with Crippen LogP contribution in [0.5, 0.6) is 0 Å². The number of carbonyl (C=O) groups is 1. The Labute approximate surface area is 106 Å². The third-order valence-corrected chi connectivity index (χ3v) is 3.92. The first-order valence-electron chi connectivity index (χ1n) is 6.22. The van der Waals surface area contributed by atoms with Gasteiger partial charge in [-0.15, -0.1) is 0 Å². The van der Waals surface area contributed by atoms with Gasteiger partial charge in [-0.05, 0) is 25.7 Å². The summed E-state index contributed by atoms with van der Waals surface area (Å²) in [6, 6.07) is -0.142. The summed E-state index contributed by atoms with van der Waals surface area (Å²) in [6.07, 6.45) is -1.03. The van der Waals surface area contributed by atoms with Gasteiger partial charge < -0.3 is 10.6 Å². The Hall–Kier alpha value is -0.780. The van der Waals surface area contributed by atoms with Crippen molar-refractivity contribution >= 4 is 5.91 Å². The summed E-state index contributed by atoms with van der Waals surface area (Å²) < 4.78 is 38.2. The number of amides is 1. The van der Waals surface area contributed by atoms with Gasteiger partial charge in [-0.3, -0.25) is 4.79 Å². The predicted octanol–water partition coefficient (Wildman–Crippen LogP) is 2.30. The molecule has 1 aliphatic carbocycles. The number of hydrogen-bond acceptors (Lipinski definition) is 2. The van der Waals surface area contributed by atoms with E-state index in [0.717, 1.165) is 32.6 Å². The van der Waals surface area contributed by atoms with E-state index < -0.39 is 17.6 Å². The first-order valence-corrected chi connectivity index (χ1v) is 6.22. The quantitative estimate of drug-likeness (QED) is 0.833. The summed E-state index contributed by atoms with van der Waals surface area (Å²) in [4.78, 5) is 13.1. The molecule has 1 fully saturated rings. The van der Waals surface area contributed by atoms with Crippen molar-refractivity contribution in [2.24, 2.45) is 11.7 Å². The molecule has 0 aromatic heterocycles. The van der Waals surface area contributed by atoms with Crippen molar-refractivity contribution in [2.45, 2.75) is 57.3 Å². The van der Waals surface area contributed by atoms with E-state index in [0.29, 0.717) is 0 Å². The largest absolute Gasteiger partial charge is 0.415 e. The number of nitrogens with two attached hydrogens (primary N) is 1. The summed E-state index contributed by atoms with van der Waals surface area (Å²) in [6.45, 7) is 2.70. The van der Waals surface area contributed by atoms with Gasteiger partial charge >= 0.3 is 6.18 Å². The first kappa shape index (κ1) is 15.3. The highest BCUT2D eigenvalue weighted by atomic mass is 19.4. The van der Waals surface area contributed by atoms with Crippen LogP contribution >= 0.6 is 0 Å². The van der Waals surface area contributed by atoms with Gasteiger partial charge in [-0.2, -0.15) is 13.2 Å². The van der Waals surface area contributed by atoms with E-state index in [1.807, 2.05) is 6.92 Å². The average molecular weight is 266 g/mol. The molecule has 0 saturated heterocycles. The van der Waals surface area contributed by atoms with E-state index >= 15 is 0 Å². The molecule has 0 bridgehead atoms. The molecule has 0 radical (unpaired) electrons. The second-order valence-electron chi connectivity index (χ2n) is 5.45. The maximum absolute atomic E-state index is 12.7. The third kappa shape index (κ3) is 2.79. The van der Waals surface area contributed by atoms with Crippen LogP contribution in [0.15, 0.2) is 0 Å². The van der Waals surface area contributed by atoms with Gasteiger partial charge in [-0.1, -0.05) is 19.8 Å². The summed E-state index contributed by atoms with van der Waals surface area (Å²) in [5.74, 6) is -0.828. The SMILES string of the molecule is CC1CCCCC1N(C)C(=O)C(C)(N)C(F)(F)F. The minimum absolute atomic E-state index is 0.142. The molecule has 18 heavy (non-hydrogen) atoms. The highest BCUT2D eigenvalue weighted by Crippen LogP contribution is 2.33. The molecule has 3 nitrogen and oxygen atoms in total. The van der Waals surface area contributed by atoms with Gasteiger partial charge in [0.25, 0.3) is 5.91 Å². The smallest absolute Gasteiger partial charge is 0.341 e. The van der Waals surface area contributed by atoms with Crippen LogP contribution in [0.3, 0.4) is 0 Å². The molecule has 1 rings (SSSR count). The zero-order valence-electron chi connectivity index (χ0n) is 11.0. The molecule has 106 valence electrons. The summed E-state index contributed by atoms with van der Waals surface area (Å²) in [7, 11) is 1.42. The van der Waals surface area contributed by atoms with Crippen molar-refractivity contribution in [3.8, 4) is 0 Å². The number of halogens is 3. The third-order valence-electron chi connectivity index (χ3n) is 3.92. The van der Waals surface area contributed by atoms with Crippen molar-refractivity contribution in [1.29, 1.82) is 0 Å². The summed E-state index contributed by atoms with van der Waals surface area (Å²) in [5.41, 5.74) is 2.37. The molecule has 3 atom stereocenters. The Kier molecular flexibility index (Phi) is 4.30. The topological polar surface area (TPSA) is 46.3 Å². The lowest BCUT2D eigenvalue weighted by Crippen LogP contribution is -2.63. The molecule has 0 heterocycles. The highest BCUT2D eigenvalue weighted by Gasteiger charge is 2.55. The number of likely N-dealkylation sites (N-methyl/N-ethyl adjacent to an activating group) is 1. The van der Waals surface area contributed by atoms with Gasteiger partial charge in [0.1, 0.15) is 0 Å². The lowest BCUT2D eigenvalue weighted by Gasteiger charge is -2.40. The number of alkyl halides is 3. The predicted molar refractivity (Wildman–Crippen MR) is 62.8 cm³/mol. The fourth-order valence-corrected chi connectivity index (χ4v) is 2.51. The Morgan fingerprint density at radius 3 is 2.22 bits per heavy atom. The van der Waals surface area contributed by atoms with Crippen LogP contribution in [0.2, 0.25) is 0 Å². The maximum atomic E-state index is 12.7. The molecule has 2 N–H and O–H groups in total.